The molecular formula is C17H27NO2. The van der Waals surface area contributed by atoms with E-state index in [0.717, 1.165) is 44.4 Å². The van der Waals surface area contributed by atoms with Crippen molar-refractivity contribution in [3.8, 4) is 5.75 Å². The lowest BCUT2D eigenvalue weighted by Gasteiger charge is -2.32. The minimum atomic E-state index is -0.468. The van der Waals surface area contributed by atoms with Gasteiger partial charge < -0.3 is 14.7 Å². The number of hydrogen-bond acceptors (Lipinski definition) is 3. The number of likely N-dealkylation sites (N-methyl/N-ethyl adjacent to an activating group) is 1. The normalized spacial score (nSPS) is 19.2. The quantitative estimate of drug-likeness (QED) is 0.868. The smallest absolute Gasteiger partial charge is 0.122 e. The molecule has 0 heterocycles. The maximum Gasteiger partial charge on any atom is 0.122 e. The molecule has 1 saturated carbocycles. The molecule has 0 radical (unpaired) electrons. The van der Waals surface area contributed by atoms with Crippen molar-refractivity contribution < 1.29 is 9.84 Å². The summed E-state index contributed by atoms with van der Waals surface area (Å²) in [5, 5.41) is 10.5. The maximum atomic E-state index is 10.5. The average Bonchev–Trinajstić information content (AvgIpc) is 2.85. The van der Waals surface area contributed by atoms with Crippen molar-refractivity contribution in [2.24, 2.45) is 0 Å². The van der Waals surface area contributed by atoms with Crippen molar-refractivity contribution >= 4 is 0 Å². The van der Waals surface area contributed by atoms with Crippen LogP contribution in [0.15, 0.2) is 24.3 Å². The number of aliphatic hydroxyl groups is 1. The van der Waals surface area contributed by atoms with Crippen LogP contribution in [0.2, 0.25) is 0 Å². The molecule has 0 aliphatic heterocycles. The van der Waals surface area contributed by atoms with Crippen LogP contribution >= 0.6 is 0 Å². The molecule has 1 aliphatic rings. The maximum absolute atomic E-state index is 10.5. The van der Waals surface area contributed by atoms with Crippen LogP contribution in [0.25, 0.3) is 0 Å². The SMILES string of the molecule is COc1ccccc1CC(C)N(C)CC1(O)CCCC1. The van der Waals surface area contributed by atoms with E-state index in [0.29, 0.717) is 6.04 Å². The van der Waals surface area contributed by atoms with E-state index in [1.807, 2.05) is 12.1 Å². The molecule has 1 atom stereocenters. The second kappa shape index (κ2) is 6.59. The zero-order chi connectivity index (χ0) is 14.6. The molecule has 20 heavy (non-hydrogen) atoms. The average molecular weight is 277 g/mol. The lowest BCUT2D eigenvalue weighted by molar-refractivity contribution is 0.00720. The van der Waals surface area contributed by atoms with E-state index < -0.39 is 5.60 Å². The number of ether oxygens (including phenoxy) is 1. The van der Waals surface area contributed by atoms with Gasteiger partial charge in [0.2, 0.25) is 0 Å². The van der Waals surface area contributed by atoms with Gasteiger partial charge in [0.25, 0.3) is 0 Å². The third-order valence-electron chi connectivity index (χ3n) is 4.54. The molecule has 1 unspecified atom stereocenters. The minimum absolute atomic E-state index is 0.385. The summed E-state index contributed by atoms with van der Waals surface area (Å²) in [6.07, 6.45) is 5.14. The zero-order valence-electron chi connectivity index (χ0n) is 12.9. The van der Waals surface area contributed by atoms with E-state index in [4.69, 9.17) is 4.74 Å². The lowest BCUT2D eigenvalue weighted by Crippen LogP contribution is -2.43. The summed E-state index contributed by atoms with van der Waals surface area (Å²) in [5.74, 6) is 0.951. The first kappa shape index (κ1) is 15.3. The summed E-state index contributed by atoms with van der Waals surface area (Å²) in [7, 11) is 3.82. The van der Waals surface area contributed by atoms with Crippen molar-refractivity contribution in [3.63, 3.8) is 0 Å². The zero-order valence-corrected chi connectivity index (χ0v) is 12.9. The van der Waals surface area contributed by atoms with Gasteiger partial charge in [-0.3, -0.25) is 0 Å². The van der Waals surface area contributed by atoms with E-state index in [-0.39, 0.29) is 0 Å². The Balaban J connectivity index is 1.95. The summed E-state index contributed by atoms with van der Waals surface area (Å²) < 4.78 is 5.41. The van der Waals surface area contributed by atoms with Crippen molar-refractivity contribution in [1.29, 1.82) is 0 Å². The Morgan fingerprint density at radius 1 is 1.30 bits per heavy atom. The number of methoxy groups -OCH3 is 1. The Labute approximate surface area is 122 Å². The van der Waals surface area contributed by atoms with Gasteiger partial charge in [0, 0.05) is 12.6 Å². The number of nitrogens with zero attached hydrogens (tertiary/aromatic N) is 1. The molecular weight excluding hydrogens is 250 g/mol. The van der Waals surface area contributed by atoms with Gasteiger partial charge in [0.1, 0.15) is 5.75 Å². The van der Waals surface area contributed by atoms with Crippen LogP contribution in [0.1, 0.15) is 38.2 Å². The van der Waals surface area contributed by atoms with Gasteiger partial charge in [-0.05, 0) is 44.9 Å². The molecule has 3 heteroatoms. The third kappa shape index (κ3) is 3.74. The standard InChI is InChI=1S/C17H27NO2/c1-14(12-15-8-4-5-9-16(15)20-3)18(2)13-17(19)10-6-7-11-17/h4-5,8-9,14,19H,6-7,10-13H2,1-3H3. The van der Waals surface area contributed by atoms with Crippen molar-refractivity contribution in [2.45, 2.75) is 50.7 Å². The van der Waals surface area contributed by atoms with Gasteiger partial charge in [0.05, 0.1) is 12.7 Å². The molecule has 0 aromatic heterocycles. The summed E-state index contributed by atoms with van der Waals surface area (Å²) >= 11 is 0. The van der Waals surface area contributed by atoms with E-state index >= 15 is 0 Å². The summed E-state index contributed by atoms with van der Waals surface area (Å²) in [6.45, 7) is 2.98. The molecule has 1 aliphatic carbocycles. The molecule has 112 valence electrons. The van der Waals surface area contributed by atoms with Gasteiger partial charge in [-0.2, -0.15) is 0 Å². The number of hydrogen-bond donors (Lipinski definition) is 1. The van der Waals surface area contributed by atoms with Crippen molar-refractivity contribution in [2.75, 3.05) is 20.7 Å². The lowest BCUT2D eigenvalue weighted by atomic mass is 9.99. The van der Waals surface area contributed by atoms with E-state index in [1.165, 1.54) is 5.56 Å². The van der Waals surface area contributed by atoms with E-state index in [9.17, 15) is 5.11 Å². The fourth-order valence-electron chi connectivity index (χ4n) is 3.16. The highest BCUT2D eigenvalue weighted by Gasteiger charge is 2.33. The number of benzene rings is 1. The Hall–Kier alpha value is -1.06. The highest BCUT2D eigenvalue weighted by molar-refractivity contribution is 5.33. The monoisotopic (exact) mass is 277 g/mol. The van der Waals surface area contributed by atoms with Crippen LogP contribution in [0, 0.1) is 0 Å². The minimum Gasteiger partial charge on any atom is -0.496 e. The summed E-state index contributed by atoms with van der Waals surface area (Å²) in [4.78, 5) is 2.28. The topological polar surface area (TPSA) is 32.7 Å². The second-order valence-corrected chi connectivity index (χ2v) is 6.21. The molecule has 0 bridgehead atoms. The van der Waals surface area contributed by atoms with Crippen LogP contribution in [-0.4, -0.2) is 42.4 Å². The van der Waals surface area contributed by atoms with Gasteiger partial charge in [0.15, 0.2) is 0 Å². The van der Waals surface area contributed by atoms with Gasteiger partial charge in [-0.1, -0.05) is 31.0 Å². The molecule has 1 fully saturated rings. The Morgan fingerprint density at radius 2 is 1.95 bits per heavy atom. The fraction of sp³-hybridized carbons (Fsp3) is 0.647. The molecule has 1 aromatic rings. The third-order valence-corrected chi connectivity index (χ3v) is 4.54. The van der Waals surface area contributed by atoms with Gasteiger partial charge >= 0.3 is 0 Å². The molecule has 3 nitrogen and oxygen atoms in total. The number of rotatable bonds is 6. The van der Waals surface area contributed by atoms with Crippen LogP contribution < -0.4 is 4.74 Å². The molecule has 1 aromatic carbocycles. The first-order chi connectivity index (χ1) is 9.54. The molecule has 0 saturated heterocycles. The first-order valence-corrected chi connectivity index (χ1v) is 7.58. The van der Waals surface area contributed by atoms with Crippen LogP contribution in [0.4, 0.5) is 0 Å². The summed E-state index contributed by atoms with van der Waals surface area (Å²) in [5.41, 5.74) is 0.761. The van der Waals surface area contributed by atoms with Crippen molar-refractivity contribution in [3.05, 3.63) is 29.8 Å². The van der Waals surface area contributed by atoms with E-state index in [2.05, 4.69) is 31.0 Å². The summed E-state index contributed by atoms with van der Waals surface area (Å²) in [6, 6.07) is 8.56. The molecule has 0 spiro atoms. The van der Waals surface area contributed by atoms with Crippen LogP contribution in [0.3, 0.4) is 0 Å². The Bertz CT molecular complexity index is 427. The molecule has 2 rings (SSSR count). The predicted octanol–water partition coefficient (Wildman–Crippen LogP) is 2.86. The van der Waals surface area contributed by atoms with Crippen LogP contribution in [-0.2, 0) is 6.42 Å². The highest BCUT2D eigenvalue weighted by atomic mass is 16.5. The predicted molar refractivity (Wildman–Crippen MR) is 82.2 cm³/mol. The van der Waals surface area contributed by atoms with Crippen LogP contribution in [0.5, 0.6) is 5.75 Å². The van der Waals surface area contributed by atoms with Gasteiger partial charge in [-0.15, -0.1) is 0 Å². The van der Waals surface area contributed by atoms with E-state index in [1.54, 1.807) is 7.11 Å². The van der Waals surface area contributed by atoms with Crippen molar-refractivity contribution in [1.82, 2.24) is 4.90 Å². The van der Waals surface area contributed by atoms with Gasteiger partial charge in [-0.25, -0.2) is 0 Å². The number of para-hydroxylation sites is 1. The molecule has 1 N–H and O–H groups in total. The largest absolute Gasteiger partial charge is 0.496 e. The second-order valence-electron chi connectivity index (χ2n) is 6.21. The first-order valence-electron chi connectivity index (χ1n) is 7.58. The highest BCUT2D eigenvalue weighted by Crippen LogP contribution is 2.30. The fourth-order valence-corrected chi connectivity index (χ4v) is 3.16. The Kier molecular flexibility index (Phi) is 5.06. The molecule has 0 amide bonds. The Morgan fingerprint density at radius 3 is 2.60 bits per heavy atom.